The van der Waals surface area contributed by atoms with Crippen LogP contribution >= 0.6 is 0 Å². The van der Waals surface area contributed by atoms with Gasteiger partial charge in [0.1, 0.15) is 0 Å². The van der Waals surface area contributed by atoms with Crippen molar-refractivity contribution in [1.29, 1.82) is 0 Å². The lowest BCUT2D eigenvalue weighted by Crippen LogP contribution is -2.24. The first-order valence-electron chi connectivity index (χ1n) is 6.03. The van der Waals surface area contributed by atoms with Gasteiger partial charge in [0.25, 0.3) is 0 Å². The number of benzene rings is 1. The third-order valence-corrected chi connectivity index (χ3v) is 3.93. The van der Waals surface area contributed by atoms with Crippen molar-refractivity contribution in [2.45, 2.75) is 25.8 Å². The van der Waals surface area contributed by atoms with Gasteiger partial charge in [-0.05, 0) is 18.1 Å². The number of rotatable bonds is 6. The quantitative estimate of drug-likeness (QED) is 0.801. The summed E-state index contributed by atoms with van der Waals surface area (Å²) >= 11 is 0. The number of nitrogens with one attached hydrogen (secondary N) is 1. The number of aromatic nitrogens is 2. The van der Waals surface area contributed by atoms with Crippen molar-refractivity contribution in [3.05, 3.63) is 47.1 Å². The van der Waals surface area contributed by atoms with Crippen molar-refractivity contribution < 1.29 is 12.9 Å². The van der Waals surface area contributed by atoms with E-state index in [2.05, 4.69) is 14.9 Å². The molecule has 8 heteroatoms. The summed E-state index contributed by atoms with van der Waals surface area (Å²) in [7, 11) is -3.45. The molecule has 0 aliphatic rings. The van der Waals surface area contributed by atoms with Gasteiger partial charge >= 0.3 is 0 Å². The average molecular weight is 296 g/mol. The van der Waals surface area contributed by atoms with E-state index < -0.39 is 10.0 Å². The number of nitrogens with two attached hydrogens (primary N) is 1. The maximum atomic E-state index is 11.9. The summed E-state index contributed by atoms with van der Waals surface area (Å²) in [6, 6.07) is 7.12. The van der Waals surface area contributed by atoms with Gasteiger partial charge in [0.05, 0.1) is 12.3 Å². The molecule has 0 unspecified atom stereocenters. The van der Waals surface area contributed by atoms with E-state index in [0.29, 0.717) is 17.9 Å². The van der Waals surface area contributed by atoms with Gasteiger partial charge in [-0.2, -0.15) is 4.98 Å². The lowest BCUT2D eigenvalue weighted by molar-refractivity contribution is 0.372. The fraction of sp³-hybridized carbons (Fsp3) is 0.333. The molecule has 0 radical (unpaired) electrons. The molecular formula is C12H16N4O3S. The highest BCUT2D eigenvalue weighted by atomic mass is 32.2. The number of hydrogen-bond acceptors (Lipinski definition) is 6. The first-order valence-corrected chi connectivity index (χ1v) is 7.68. The van der Waals surface area contributed by atoms with E-state index in [4.69, 9.17) is 10.3 Å². The summed E-state index contributed by atoms with van der Waals surface area (Å²) in [4.78, 5) is 3.92. The molecule has 0 spiro atoms. The first-order chi connectivity index (χ1) is 9.48. The molecule has 0 amide bonds. The zero-order valence-electron chi connectivity index (χ0n) is 11.0. The second-order valence-corrected chi connectivity index (χ2v) is 6.14. The molecule has 0 fully saturated rings. The van der Waals surface area contributed by atoms with Gasteiger partial charge in [-0.3, -0.25) is 0 Å². The second kappa shape index (κ2) is 6.12. The van der Waals surface area contributed by atoms with Gasteiger partial charge in [-0.1, -0.05) is 29.4 Å². The van der Waals surface area contributed by atoms with Gasteiger partial charge in [-0.25, -0.2) is 13.1 Å². The van der Waals surface area contributed by atoms with Crippen molar-refractivity contribution >= 4 is 10.0 Å². The van der Waals surface area contributed by atoms with E-state index in [1.54, 1.807) is 19.1 Å². The summed E-state index contributed by atoms with van der Waals surface area (Å²) in [5, 5.41) is 3.59. The molecule has 7 nitrogen and oxygen atoms in total. The lowest BCUT2D eigenvalue weighted by Gasteiger charge is -2.05. The van der Waals surface area contributed by atoms with Gasteiger partial charge in [0.2, 0.25) is 15.9 Å². The maximum absolute atomic E-state index is 11.9. The highest BCUT2D eigenvalue weighted by Gasteiger charge is 2.13. The van der Waals surface area contributed by atoms with Crippen LogP contribution in [-0.2, 0) is 28.9 Å². The Hall–Kier alpha value is -1.77. The number of sulfonamides is 1. The van der Waals surface area contributed by atoms with Crippen LogP contribution in [0.15, 0.2) is 28.8 Å². The van der Waals surface area contributed by atoms with Crippen LogP contribution in [0.2, 0.25) is 0 Å². The maximum Gasteiger partial charge on any atom is 0.241 e. The highest BCUT2D eigenvalue weighted by molar-refractivity contribution is 7.88. The number of aryl methyl sites for hydroxylation is 1. The SMILES string of the molecule is Cc1noc(CNS(=O)(=O)Cc2ccc(CN)cc2)n1. The molecule has 0 aliphatic carbocycles. The molecule has 20 heavy (non-hydrogen) atoms. The largest absolute Gasteiger partial charge is 0.338 e. The minimum atomic E-state index is -3.45. The molecule has 0 saturated heterocycles. The van der Waals surface area contributed by atoms with Gasteiger partial charge in [0.15, 0.2) is 5.82 Å². The Morgan fingerprint density at radius 2 is 1.90 bits per heavy atom. The Morgan fingerprint density at radius 1 is 1.25 bits per heavy atom. The van der Waals surface area contributed by atoms with Crippen molar-refractivity contribution in [3.8, 4) is 0 Å². The molecule has 108 valence electrons. The summed E-state index contributed by atoms with van der Waals surface area (Å²) < 4.78 is 31.1. The molecule has 1 aromatic carbocycles. The van der Waals surface area contributed by atoms with E-state index in [1.165, 1.54) is 0 Å². The second-order valence-electron chi connectivity index (χ2n) is 4.34. The first kappa shape index (κ1) is 14.6. The van der Waals surface area contributed by atoms with Crippen LogP contribution < -0.4 is 10.5 Å². The Morgan fingerprint density at radius 3 is 2.45 bits per heavy atom. The van der Waals surface area contributed by atoms with E-state index in [1.807, 2.05) is 12.1 Å². The van der Waals surface area contributed by atoms with Crippen LogP contribution in [0.1, 0.15) is 22.8 Å². The minimum Gasteiger partial charge on any atom is -0.338 e. The van der Waals surface area contributed by atoms with Crippen LogP contribution in [0.3, 0.4) is 0 Å². The summed E-state index contributed by atoms with van der Waals surface area (Å²) in [5.41, 5.74) is 7.14. The third kappa shape index (κ3) is 4.12. The Labute approximate surface area is 117 Å². The van der Waals surface area contributed by atoms with Gasteiger partial charge in [0, 0.05) is 6.54 Å². The monoisotopic (exact) mass is 296 g/mol. The molecule has 0 atom stereocenters. The summed E-state index contributed by atoms with van der Waals surface area (Å²) in [6.07, 6.45) is 0. The summed E-state index contributed by atoms with van der Waals surface area (Å²) in [5.74, 6) is 0.603. The zero-order valence-corrected chi connectivity index (χ0v) is 11.9. The molecule has 1 aromatic heterocycles. The average Bonchev–Trinajstić information content (AvgIpc) is 2.83. The smallest absolute Gasteiger partial charge is 0.241 e. The van der Waals surface area contributed by atoms with Crippen molar-refractivity contribution in [2.75, 3.05) is 0 Å². The molecule has 0 bridgehead atoms. The fourth-order valence-electron chi connectivity index (χ4n) is 1.63. The third-order valence-electron chi connectivity index (χ3n) is 2.63. The van der Waals surface area contributed by atoms with E-state index in [-0.39, 0.29) is 18.2 Å². The van der Waals surface area contributed by atoms with E-state index in [9.17, 15) is 8.42 Å². The predicted molar refractivity (Wildman–Crippen MR) is 72.8 cm³/mol. The standard InChI is InChI=1S/C12H16N4O3S/c1-9-15-12(19-16-9)7-14-20(17,18)8-11-4-2-10(6-13)3-5-11/h2-5,14H,6-8,13H2,1H3. The molecule has 2 aromatic rings. The van der Waals surface area contributed by atoms with Crippen LogP contribution in [0.25, 0.3) is 0 Å². The van der Waals surface area contributed by atoms with Crippen LogP contribution in [0.4, 0.5) is 0 Å². The number of hydrogen-bond donors (Lipinski definition) is 2. The van der Waals surface area contributed by atoms with Crippen LogP contribution in [0, 0.1) is 6.92 Å². The minimum absolute atomic E-state index is 0.00986. The highest BCUT2D eigenvalue weighted by Crippen LogP contribution is 2.08. The van der Waals surface area contributed by atoms with Crippen LogP contribution in [-0.4, -0.2) is 18.6 Å². The molecule has 1 heterocycles. The van der Waals surface area contributed by atoms with E-state index >= 15 is 0 Å². The molecule has 0 aliphatic heterocycles. The Bertz CT molecular complexity index is 664. The van der Waals surface area contributed by atoms with Gasteiger partial charge < -0.3 is 10.3 Å². The fourth-order valence-corrected chi connectivity index (χ4v) is 2.70. The van der Waals surface area contributed by atoms with Gasteiger partial charge in [-0.15, -0.1) is 0 Å². The Balaban J connectivity index is 1.96. The van der Waals surface area contributed by atoms with Crippen molar-refractivity contribution in [3.63, 3.8) is 0 Å². The zero-order chi connectivity index (χ0) is 14.6. The predicted octanol–water partition coefficient (Wildman–Crippen LogP) is 0.456. The lowest BCUT2D eigenvalue weighted by atomic mass is 10.1. The molecule has 2 rings (SSSR count). The molecule has 0 saturated carbocycles. The summed E-state index contributed by atoms with van der Waals surface area (Å²) in [6.45, 7) is 2.09. The Kier molecular flexibility index (Phi) is 4.48. The van der Waals surface area contributed by atoms with Crippen molar-refractivity contribution in [2.24, 2.45) is 5.73 Å². The topological polar surface area (TPSA) is 111 Å². The number of nitrogens with zero attached hydrogens (tertiary/aromatic N) is 2. The molecular weight excluding hydrogens is 280 g/mol. The van der Waals surface area contributed by atoms with Crippen LogP contribution in [0.5, 0.6) is 0 Å². The normalized spacial score (nSPS) is 11.7. The van der Waals surface area contributed by atoms with E-state index in [0.717, 1.165) is 5.56 Å². The van der Waals surface area contributed by atoms with Crippen molar-refractivity contribution in [1.82, 2.24) is 14.9 Å². The molecule has 3 N–H and O–H groups in total.